The van der Waals surface area contributed by atoms with Crippen molar-refractivity contribution in [1.82, 2.24) is 4.90 Å². The molecule has 0 bridgehead atoms. The Morgan fingerprint density at radius 3 is 2.90 bits per heavy atom. The molecule has 1 unspecified atom stereocenters. The van der Waals surface area contributed by atoms with E-state index in [-0.39, 0.29) is 5.84 Å². The van der Waals surface area contributed by atoms with Crippen molar-refractivity contribution in [2.45, 2.75) is 6.42 Å². The van der Waals surface area contributed by atoms with Gasteiger partial charge in [-0.1, -0.05) is 16.8 Å². The highest BCUT2D eigenvalue weighted by atomic mass is 35.5. The first kappa shape index (κ1) is 14.9. The molecule has 1 aliphatic heterocycles. The van der Waals surface area contributed by atoms with Gasteiger partial charge in [0.2, 0.25) is 0 Å². The van der Waals surface area contributed by atoms with Crippen molar-refractivity contribution in [2.24, 2.45) is 16.8 Å². The molecule has 6 heteroatoms. The topological polar surface area (TPSA) is 65.1 Å². The van der Waals surface area contributed by atoms with Crippen LogP contribution in [0.25, 0.3) is 0 Å². The van der Waals surface area contributed by atoms with Crippen molar-refractivity contribution < 1.29 is 5.21 Å². The summed E-state index contributed by atoms with van der Waals surface area (Å²) in [5.41, 5.74) is 7.15. The predicted octanol–water partition coefficient (Wildman–Crippen LogP) is 1.82. The van der Waals surface area contributed by atoms with Gasteiger partial charge in [0.05, 0.1) is 10.7 Å². The van der Waals surface area contributed by atoms with E-state index in [4.69, 9.17) is 22.5 Å². The smallest absolute Gasteiger partial charge is 0.170 e. The second-order valence-electron chi connectivity index (χ2n) is 5.45. The predicted molar refractivity (Wildman–Crippen MR) is 82.8 cm³/mol. The third-order valence-electron chi connectivity index (χ3n) is 3.78. The Hall–Kier alpha value is -1.46. The van der Waals surface area contributed by atoms with Crippen molar-refractivity contribution in [3.63, 3.8) is 0 Å². The lowest BCUT2D eigenvalue weighted by Crippen LogP contribution is -2.27. The van der Waals surface area contributed by atoms with Gasteiger partial charge in [-0.3, -0.25) is 0 Å². The largest absolute Gasteiger partial charge is 0.409 e. The maximum Gasteiger partial charge on any atom is 0.170 e. The minimum Gasteiger partial charge on any atom is -0.409 e. The minimum absolute atomic E-state index is 0.0681. The van der Waals surface area contributed by atoms with Gasteiger partial charge in [-0.15, -0.1) is 0 Å². The lowest BCUT2D eigenvalue weighted by molar-refractivity contribution is 0.318. The number of likely N-dealkylation sites (tertiary alicyclic amines) is 1. The molecule has 0 saturated carbocycles. The average molecular weight is 297 g/mol. The molecule has 1 heterocycles. The first-order chi connectivity index (χ1) is 9.51. The van der Waals surface area contributed by atoms with E-state index in [0.29, 0.717) is 16.5 Å². The summed E-state index contributed by atoms with van der Waals surface area (Å²) in [5.74, 6) is 0.739. The Labute approximate surface area is 124 Å². The van der Waals surface area contributed by atoms with E-state index in [1.54, 1.807) is 6.07 Å². The molecule has 20 heavy (non-hydrogen) atoms. The Morgan fingerprint density at radius 1 is 1.60 bits per heavy atom. The van der Waals surface area contributed by atoms with Crippen LogP contribution in [-0.4, -0.2) is 49.7 Å². The van der Waals surface area contributed by atoms with Gasteiger partial charge in [0, 0.05) is 25.7 Å². The minimum atomic E-state index is 0.0681. The van der Waals surface area contributed by atoms with Gasteiger partial charge in [0.1, 0.15) is 0 Å². The molecule has 1 aromatic carbocycles. The number of nitrogens with two attached hydrogens (primary N) is 1. The molecule has 110 valence electrons. The number of nitrogens with zero attached hydrogens (tertiary/aromatic N) is 3. The van der Waals surface area contributed by atoms with Crippen LogP contribution < -0.4 is 10.6 Å². The summed E-state index contributed by atoms with van der Waals surface area (Å²) in [7, 11) is 4.20. The highest BCUT2D eigenvalue weighted by Crippen LogP contribution is 2.28. The molecule has 2 rings (SSSR count). The fourth-order valence-corrected chi connectivity index (χ4v) is 3.02. The molecule has 0 radical (unpaired) electrons. The molecule has 3 N–H and O–H groups in total. The van der Waals surface area contributed by atoms with Gasteiger partial charge in [0.25, 0.3) is 0 Å². The number of benzene rings is 1. The lowest BCUT2D eigenvalue weighted by Gasteiger charge is -2.24. The summed E-state index contributed by atoms with van der Waals surface area (Å²) in [5, 5.41) is 12.3. The molecule has 0 aromatic heterocycles. The molecule has 5 nitrogen and oxygen atoms in total. The molecule has 1 aromatic rings. The molecule has 1 fully saturated rings. The quantitative estimate of drug-likeness (QED) is 0.385. The van der Waals surface area contributed by atoms with Crippen molar-refractivity contribution in [2.75, 3.05) is 38.6 Å². The van der Waals surface area contributed by atoms with Crippen LogP contribution in [0.3, 0.4) is 0 Å². The molecule has 1 aliphatic rings. The Balaban J connectivity index is 2.08. The van der Waals surface area contributed by atoms with Gasteiger partial charge in [-0.25, -0.2) is 0 Å². The van der Waals surface area contributed by atoms with Crippen molar-refractivity contribution in [3.05, 3.63) is 28.8 Å². The second kappa shape index (κ2) is 6.33. The van der Waals surface area contributed by atoms with E-state index in [9.17, 15) is 0 Å². The summed E-state index contributed by atoms with van der Waals surface area (Å²) in [6.07, 6.45) is 1.22. The number of anilines is 1. The maximum atomic E-state index is 8.68. The third kappa shape index (κ3) is 3.35. The van der Waals surface area contributed by atoms with Crippen molar-refractivity contribution in [3.8, 4) is 0 Å². The summed E-state index contributed by atoms with van der Waals surface area (Å²) in [6, 6.07) is 5.45. The zero-order chi connectivity index (χ0) is 14.7. The number of oxime groups is 1. The van der Waals surface area contributed by atoms with E-state index in [1.807, 2.05) is 19.2 Å². The van der Waals surface area contributed by atoms with Crippen LogP contribution >= 0.6 is 11.6 Å². The summed E-state index contributed by atoms with van der Waals surface area (Å²) < 4.78 is 0. The van der Waals surface area contributed by atoms with E-state index in [2.05, 4.69) is 22.0 Å². The summed E-state index contributed by atoms with van der Waals surface area (Å²) in [4.78, 5) is 4.52. The van der Waals surface area contributed by atoms with Gasteiger partial charge in [-0.05, 0) is 44.1 Å². The highest BCUT2D eigenvalue weighted by molar-refractivity contribution is 6.33. The van der Waals surface area contributed by atoms with Crippen LogP contribution in [0.1, 0.15) is 12.0 Å². The van der Waals surface area contributed by atoms with Crippen LogP contribution in [-0.2, 0) is 0 Å². The Kier molecular flexibility index (Phi) is 4.73. The van der Waals surface area contributed by atoms with E-state index >= 15 is 0 Å². The molecule has 1 saturated heterocycles. The third-order valence-corrected chi connectivity index (χ3v) is 4.09. The van der Waals surface area contributed by atoms with Gasteiger partial charge >= 0.3 is 0 Å². The maximum absolute atomic E-state index is 8.68. The van der Waals surface area contributed by atoms with E-state index in [1.165, 1.54) is 6.42 Å². The standard InChI is InChI=1S/C14H21ClN4O/c1-18-6-5-10(8-18)9-19(2)13-4-3-11(7-12(13)15)14(16)17-20/h3-4,7,10,20H,5-6,8-9H2,1-2H3,(H2,16,17). The fraction of sp³-hybridized carbons (Fsp3) is 0.500. The van der Waals surface area contributed by atoms with Crippen molar-refractivity contribution in [1.29, 1.82) is 0 Å². The molecular formula is C14H21ClN4O. The van der Waals surface area contributed by atoms with Crippen LogP contribution in [0, 0.1) is 5.92 Å². The number of rotatable bonds is 4. The van der Waals surface area contributed by atoms with Crippen LogP contribution in [0.15, 0.2) is 23.4 Å². The van der Waals surface area contributed by atoms with E-state index < -0.39 is 0 Å². The fourth-order valence-electron chi connectivity index (χ4n) is 2.69. The number of hydrogen-bond donors (Lipinski definition) is 2. The molecular weight excluding hydrogens is 276 g/mol. The zero-order valence-electron chi connectivity index (χ0n) is 11.9. The first-order valence-electron chi connectivity index (χ1n) is 6.68. The van der Waals surface area contributed by atoms with E-state index in [0.717, 1.165) is 25.3 Å². The summed E-state index contributed by atoms with van der Waals surface area (Å²) >= 11 is 6.30. The zero-order valence-corrected chi connectivity index (χ0v) is 12.6. The van der Waals surface area contributed by atoms with Gasteiger partial charge in [0.15, 0.2) is 5.84 Å². The van der Waals surface area contributed by atoms with Crippen molar-refractivity contribution >= 4 is 23.1 Å². The molecule has 1 atom stereocenters. The lowest BCUT2D eigenvalue weighted by atomic mass is 10.1. The number of amidine groups is 1. The van der Waals surface area contributed by atoms with Crippen LogP contribution in [0.2, 0.25) is 5.02 Å². The van der Waals surface area contributed by atoms with Gasteiger partial charge < -0.3 is 20.7 Å². The molecule has 0 spiro atoms. The normalized spacial score (nSPS) is 20.4. The Bertz CT molecular complexity index is 506. The van der Waals surface area contributed by atoms with Gasteiger partial charge in [-0.2, -0.15) is 0 Å². The number of hydrogen-bond acceptors (Lipinski definition) is 4. The summed E-state index contributed by atoms with van der Waals surface area (Å²) in [6.45, 7) is 3.27. The number of halogens is 1. The van der Waals surface area contributed by atoms with Crippen LogP contribution in [0.4, 0.5) is 5.69 Å². The Morgan fingerprint density at radius 2 is 2.35 bits per heavy atom. The monoisotopic (exact) mass is 296 g/mol. The highest BCUT2D eigenvalue weighted by Gasteiger charge is 2.21. The average Bonchev–Trinajstić information content (AvgIpc) is 2.82. The SMILES string of the molecule is CN1CCC(CN(C)c2ccc(C(N)=NO)cc2Cl)C1. The molecule has 0 amide bonds. The second-order valence-corrected chi connectivity index (χ2v) is 5.86. The van der Waals surface area contributed by atoms with Crippen LogP contribution in [0.5, 0.6) is 0 Å². The molecule has 0 aliphatic carbocycles. The first-order valence-corrected chi connectivity index (χ1v) is 7.06.